The average molecular weight is 137 g/mol. The zero-order valence-electron chi connectivity index (χ0n) is 5.72. The van der Waals surface area contributed by atoms with Crippen LogP contribution in [-0.4, -0.2) is 18.6 Å². The fourth-order valence-corrected chi connectivity index (χ4v) is 0.276. The summed E-state index contributed by atoms with van der Waals surface area (Å²) in [6.45, 7) is 3.10. The molecule has 0 unspecified atom stereocenters. The van der Waals surface area contributed by atoms with E-state index in [1.807, 2.05) is 6.92 Å². The van der Waals surface area contributed by atoms with Crippen LogP contribution in [0.2, 0.25) is 0 Å². The maximum absolute atomic E-state index is 9.46. The number of hydrogen-bond donors (Lipinski definition) is 1. The summed E-state index contributed by atoms with van der Waals surface area (Å²) in [7, 11) is 0. The fraction of sp³-hybridized carbons (Fsp3) is 0.800. The van der Waals surface area contributed by atoms with Crippen molar-refractivity contribution in [3.8, 4) is 0 Å². The Bertz CT molecular complexity index is 49.5. The molecule has 0 aliphatic rings. The highest BCUT2D eigenvalue weighted by Crippen LogP contribution is 1.83. The van der Waals surface area contributed by atoms with Gasteiger partial charge in [0.05, 0.1) is 6.61 Å². The predicted octanol–water partition coefficient (Wildman–Crippen LogP) is 0.297. The second-order valence-corrected chi connectivity index (χ2v) is 1.32. The van der Waals surface area contributed by atoms with Gasteiger partial charge in [-0.15, -0.1) is 0 Å². The Hall–Kier alpha value is -0.610. The second-order valence-electron chi connectivity index (χ2n) is 1.32. The number of carbonyl (C=O) groups is 1. The lowest BCUT2D eigenvalue weighted by Crippen LogP contribution is -1.88. The van der Waals surface area contributed by atoms with E-state index in [9.17, 15) is 4.79 Å². The molecule has 0 heterocycles. The molecule has 0 amide bonds. The van der Waals surface area contributed by atoms with E-state index in [0.29, 0.717) is 13.1 Å². The highest BCUT2D eigenvalue weighted by atomic mass is 16.5. The van der Waals surface area contributed by atoms with E-state index >= 15 is 0 Å². The van der Waals surface area contributed by atoms with Crippen LogP contribution in [0.25, 0.3) is 0 Å². The molecule has 58 valence electrons. The fourth-order valence-electron chi connectivity index (χ4n) is 0.276. The van der Waals surface area contributed by atoms with E-state index in [1.165, 1.54) is 0 Å². The zero-order chi connectivity index (χ0) is 5.54. The number of hydrogen-bond acceptors (Lipinski definition) is 3. The third-order valence-electron chi connectivity index (χ3n) is 0.684. The lowest BCUT2D eigenvalue weighted by Gasteiger charge is -1.90. The first kappa shape index (κ1) is 15.8. The average Bonchev–Trinajstić information content (AvgIpc) is 1.69. The van der Waals surface area contributed by atoms with Crippen molar-refractivity contribution in [3.05, 3.63) is 0 Å². The normalized spacial score (nSPS) is 6.33. The van der Waals surface area contributed by atoms with Gasteiger partial charge in [-0.3, -0.25) is 4.79 Å². The van der Waals surface area contributed by atoms with E-state index in [1.54, 1.807) is 0 Å². The molecular weight excluding hydrogens is 122 g/mol. The van der Waals surface area contributed by atoms with E-state index in [2.05, 4.69) is 4.74 Å². The van der Waals surface area contributed by atoms with E-state index in [0.717, 1.165) is 12.8 Å². The first-order chi connectivity index (χ1) is 3.41. The maximum atomic E-state index is 9.46. The Morgan fingerprint density at radius 1 is 1.56 bits per heavy atom. The van der Waals surface area contributed by atoms with Crippen molar-refractivity contribution in [2.45, 2.75) is 19.8 Å². The van der Waals surface area contributed by atoms with Gasteiger partial charge in [0.1, 0.15) is 0 Å². The summed E-state index contributed by atoms with van der Waals surface area (Å²) in [6, 6.07) is 0. The van der Waals surface area contributed by atoms with Crippen LogP contribution in [0.1, 0.15) is 19.8 Å². The van der Waals surface area contributed by atoms with Gasteiger partial charge in [0.25, 0.3) is 6.47 Å². The molecule has 0 aromatic heterocycles. The second kappa shape index (κ2) is 15.7. The predicted molar refractivity (Wildman–Crippen MR) is 35.6 cm³/mol. The number of rotatable bonds is 4. The summed E-state index contributed by atoms with van der Waals surface area (Å²) >= 11 is 0. The number of carbonyl (C=O) groups excluding carboxylic acids is 1. The minimum Gasteiger partial charge on any atom is -0.468 e. The topological polar surface area (TPSA) is 92.8 Å². The van der Waals surface area contributed by atoms with Gasteiger partial charge in [-0.1, -0.05) is 13.3 Å². The van der Waals surface area contributed by atoms with Crippen molar-refractivity contribution < 1.29 is 15.0 Å². The lowest BCUT2D eigenvalue weighted by atomic mass is 10.4. The van der Waals surface area contributed by atoms with Gasteiger partial charge >= 0.3 is 0 Å². The quantitative estimate of drug-likeness (QED) is 0.446. The molecule has 4 heteroatoms. The third kappa shape index (κ3) is 18.7. The van der Waals surface area contributed by atoms with Crippen LogP contribution in [0.3, 0.4) is 0 Å². The van der Waals surface area contributed by atoms with E-state index < -0.39 is 0 Å². The molecule has 0 atom stereocenters. The molecule has 5 N–H and O–H groups in total. The first-order valence-electron chi connectivity index (χ1n) is 2.47. The minimum absolute atomic E-state index is 0. The Labute approximate surface area is 55.1 Å². The Balaban J connectivity index is -0.000000180. The summed E-state index contributed by atoms with van der Waals surface area (Å²) in [5.41, 5.74) is 0. The monoisotopic (exact) mass is 137 g/mol. The van der Waals surface area contributed by atoms with Crippen molar-refractivity contribution in [2.24, 2.45) is 0 Å². The summed E-state index contributed by atoms with van der Waals surface area (Å²) in [4.78, 5) is 9.46. The molecule has 0 bridgehead atoms. The Morgan fingerprint density at radius 2 is 2.11 bits per heavy atom. The highest BCUT2D eigenvalue weighted by Gasteiger charge is 1.78. The summed E-state index contributed by atoms with van der Waals surface area (Å²) in [6.07, 6.45) is 2.05. The van der Waals surface area contributed by atoms with Crippen LogP contribution < -0.4 is 6.15 Å². The van der Waals surface area contributed by atoms with Crippen LogP contribution >= 0.6 is 0 Å². The van der Waals surface area contributed by atoms with Gasteiger partial charge in [-0.2, -0.15) is 0 Å². The van der Waals surface area contributed by atoms with Crippen LogP contribution in [0, 0.1) is 0 Å². The Morgan fingerprint density at radius 3 is 2.44 bits per heavy atom. The molecule has 4 nitrogen and oxygen atoms in total. The summed E-state index contributed by atoms with van der Waals surface area (Å²) < 4.78 is 4.39. The Kier molecular flexibility index (Phi) is 27.4. The molecule has 0 fully saturated rings. The first-order valence-corrected chi connectivity index (χ1v) is 2.47. The van der Waals surface area contributed by atoms with E-state index in [-0.39, 0.29) is 11.6 Å². The molecule has 0 saturated heterocycles. The third-order valence-corrected chi connectivity index (χ3v) is 0.684. The van der Waals surface area contributed by atoms with Crippen molar-refractivity contribution in [3.63, 3.8) is 0 Å². The van der Waals surface area contributed by atoms with Gasteiger partial charge in [0.15, 0.2) is 0 Å². The zero-order valence-corrected chi connectivity index (χ0v) is 5.72. The molecule has 0 aliphatic carbocycles. The smallest absolute Gasteiger partial charge is 0.293 e. The molecule has 0 aromatic carbocycles. The van der Waals surface area contributed by atoms with Crippen LogP contribution in [0.15, 0.2) is 0 Å². The molecular formula is C5H15NO3. The molecule has 9 heavy (non-hydrogen) atoms. The summed E-state index contributed by atoms with van der Waals surface area (Å²) in [5, 5.41) is 0. The lowest BCUT2D eigenvalue weighted by molar-refractivity contribution is -0.128. The molecule has 0 aromatic rings. The largest absolute Gasteiger partial charge is 0.468 e. The van der Waals surface area contributed by atoms with Gasteiger partial charge < -0.3 is 16.4 Å². The van der Waals surface area contributed by atoms with Crippen molar-refractivity contribution >= 4 is 6.47 Å². The highest BCUT2D eigenvalue weighted by molar-refractivity contribution is 5.36. The number of ether oxygens (including phenoxy) is 1. The van der Waals surface area contributed by atoms with Gasteiger partial charge in [-0.25, -0.2) is 0 Å². The van der Waals surface area contributed by atoms with Crippen molar-refractivity contribution in [1.29, 1.82) is 0 Å². The number of unbranched alkanes of at least 4 members (excludes halogenated alkanes) is 1. The van der Waals surface area contributed by atoms with E-state index in [4.69, 9.17) is 0 Å². The van der Waals surface area contributed by atoms with Crippen LogP contribution in [-0.2, 0) is 9.53 Å². The summed E-state index contributed by atoms with van der Waals surface area (Å²) in [5.74, 6) is 0. The standard InChI is InChI=1S/C5H10O2.H3N.H2O/c1-2-3-4-7-5-6;;/h5H,2-4H2,1H3;1H3;1H2. The minimum atomic E-state index is 0. The van der Waals surface area contributed by atoms with Crippen LogP contribution in [0.5, 0.6) is 0 Å². The van der Waals surface area contributed by atoms with Gasteiger partial charge in [0.2, 0.25) is 0 Å². The molecule has 0 radical (unpaired) electrons. The molecule has 0 aliphatic heterocycles. The van der Waals surface area contributed by atoms with Crippen molar-refractivity contribution in [2.75, 3.05) is 6.61 Å². The molecule has 0 spiro atoms. The molecule has 0 saturated carbocycles. The van der Waals surface area contributed by atoms with Gasteiger partial charge in [-0.05, 0) is 6.42 Å². The SMILES string of the molecule is CCCCOC=O.N.O. The molecule has 0 rings (SSSR count). The van der Waals surface area contributed by atoms with Crippen LogP contribution in [0.4, 0.5) is 0 Å². The van der Waals surface area contributed by atoms with Gasteiger partial charge in [0, 0.05) is 0 Å². The van der Waals surface area contributed by atoms with Crippen molar-refractivity contribution in [1.82, 2.24) is 6.15 Å². The maximum Gasteiger partial charge on any atom is 0.293 e.